The summed E-state index contributed by atoms with van der Waals surface area (Å²) in [7, 11) is 1.58. The van der Waals surface area contributed by atoms with Crippen LogP contribution >= 0.6 is 0 Å². The van der Waals surface area contributed by atoms with E-state index in [1.165, 1.54) is 0 Å². The van der Waals surface area contributed by atoms with E-state index >= 15 is 0 Å². The molecule has 0 spiro atoms. The number of fused-ring (bicyclic) bond motifs is 1. The third kappa shape index (κ3) is 4.54. The second-order valence-electron chi connectivity index (χ2n) is 7.89. The van der Waals surface area contributed by atoms with Crippen molar-refractivity contribution in [1.29, 1.82) is 0 Å². The Balaban J connectivity index is 1.48. The van der Waals surface area contributed by atoms with Crippen molar-refractivity contribution in [2.75, 3.05) is 17.7 Å². The largest absolute Gasteiger partial charge is 0.493 e. The summed E-state index contributed by atoms with van der Waals surface area (Å²) < 4.78 is 13.2. The number of hydrogen-bond acceptors (Lipinski definition) is 8. The number of carbonyl (C=O) groups is 1. The number of hydrogen-bond donors (Lipinski definition) is 2. The minimum Gasteiger partial charge on any atom is -0.493 e. The maximum Gasteiger partial charge on any atom is 0.255 e. The molecule has 0 radical (unpaired) electrons. The molecule has 0 aliphatic carbocycles. The molecule has 0 fully saturated rings. The highest BCUT2D eigenvalue weighted by molar-refractivity contribution is 6.05. The summed E-state index contributed by atoms with van der Waals surface area (Å²) >= 11 is 0. The second-order valence-corrected chi connectivity index (χ2v) is 7.89. The molecule has 1 aliphatic rings. The van der Waals surface area contributed by atoms with Crippen LogP contribution in [0.4, 0.5) is 11.6 Å². The van der Waals surface area contributed by atoms with E-state index < -0.39 is 6.04 Å². The molecule has 0 bridgehead atoms. The fourth-order valence-electron chi connectivity index (χ4n) is 3.96. The minimum absolute atomic E-state index is 0.294. The van der Waals surface area contributed by atoms with Gasteiger partial charge in [0.1, 0.15) is 12.6 Å². The van der Waals surface area contributed by atoms with E-state index in [0.29, 0.717) is 41.0 Å². The summed E-state index contributed by atoms with van der Waals surface area (Å²) in [5.74, 6) is 1.27. The predicted octanol–water partition coefficient (Wildman–Crippen LogP) is 3.58. The fourth-order valence-corrected chi connectivity index (χ4v) is 3.96. The van der Waals surface area contributed by atoms with Gasteiger partial charge in [-0.05, 0) is 52.7 Å². The van der Waals surface area contributed by atoms with E-state index in [9.17, 15) is 4.79 Å². The number of ether oxygens (including phenoxy) is 2. The highest BCUT2D eigenvalue weighted by Gasteiger charge is 2.34. The first-order valence-corrected chi connectivity index (χ1v) is 11.0. The Morgan fingerprint density at radius 1 is 1.11 bits per heavy atom. The number of anilines is 2. The van der Waals surface area contributed by atoms with Gasteiger partial charge >= 0.3 is 0 Å². The molecule has 2 aromatic carbocycles. The molecule has 5 rings (SSSR count). The van der Waals surface area contributed by atoms with Gasteiger partial charge < -0.3 is 20.1 Å². The Hall–Kier alpha value is -4.73. The van der Waals surface area contributed by atoms with Gasteiger partial charge in [0.15, 0.2) is 11.5 Å². The molecule has 0 unspecified atom stereocenters. The lowest BCUT2D eigenvalue weighted by Crippen LogP contribution is -2.31. The number of tetrazole rings is 1. The first-order valence-electron chi connectivity index (χ1n) is 11.0. The molecule has 0 saturated heterocycles. The number of benzene rings is 2. The number of amides is 1. The number of pyridine rings is 1. The van der Waals surface area contributed by atoms with Crippen molar-refractivity contribution in [3.8, 4) is 11.5 Å². The number of methoxy groups -OCH3 is 1. The van der Waals surface area contributed by atoms with Crippen LogP contribution < -0.4 is 20.1 Å². The Morgan fingerprint density at radius 3 is 2.74 bits per heavy atom. The molecule has 176 valence electrons. The molecule has 3 heterocycles. The van der Waals surface area contributed by atoms with Crippen molar-refractivity contribution in [3.63, 3.8) is 0 Å². The SMILES string of the molecule is COc1cc([C@H]2C(C(=O)Nc3cccnc3)=C(C)Nc3nnnn32)ccc1OCc1ccccc1. The third-order valence-electron chi connectivity index (χ3n) is 5.62. The van der Waals surface area contributed by atoms with Crippen LogP contribution in [0.1, 0.15) is 24.1 Å². The lowest BCUT2D eigenvalue weighted by Gasteiger charge is -2.28. The van der Waals surface area contributed by atoms with E-state index in [2.05, 4.69) is 31.1 Å². The Labute approximate surface area is 201 Å². The quantitative estimate of drug-likeness (QED) is 0.422. The summed E-state index contributed by atoms with van der Waals surface area (Å²) in [6, 6.07) is 18.4. The summed E-state index contributed by atoms with van der Waals surface area (Å²) in [4.78, 5) is 17.5. The van der Waals surface area contributed by atoms with Crippen LogP contribution in [0.3, 0.4) is 0 Å². The van der Waals surface area contributed by atoms with Gasteiger partial charge in [0, 0.05) is 11.9 Å². The molecule has 0 saturated carbocycles. The van der Waals surface area contributed by atoms with Crippen molar-refractivity contribution < 1.29 is 14.3 Å². The number of rotatable bonds is 7. The topological polar surface area (TPSA) is 116 Å². The van der Waals surface area contributed by atoms with Gasteiger partial charge in [-0.1, -0.05) is 41.5 Å². The van der Waals surface area contributed by atoms with Gasteiger partial charge in [0.05, 0.1) is 24.6 Å². The molecule has 1 aliphatic heterocycles. The van der Waals surface area contributed by atoms with E-state index in [1.807, 2.05) is 55.5 Å². The van der Waals surface area contributed by atoms with Crippen LogP contribution in [0.2, 0.25) is 0 Å². The average Bonchev–Trinajstić information content (AvgIpc) is 3.35. The second kappa shape index (κ2) is 9.64. The minimum atomic E-state index is -0.588. The van der Waals surface area contributed by atoms with Crippen LogP contribution in [0, 0.1) is 0 Å². The average molecular weight is 470 g/mol. The molecule has 2 N–H and O–H groups in total. The lowest BCUT2D eigenvalue weighted by atomic mass is 9.94. The summed E-state index contributed by atoms with van der Waals surface area (Å²) in [6.07, 6.45) is 3.23. The zero-order valence-corrected chi connectivity index (χ0v) is 19.2. The lowest BCUT2D eigenvalue weighted by molar-refractivity contribution is -0.113. The van der Waals surface area contributed by atoms with Crippen molar-refractivity contribution in [3.05, 3.63) is 95.5 Å². The zero-order valence-electron chi connectivity index (χ0n) is 19.2. The smallest absolute Gasteiger partial charge is 0.255 e. The molecule has 4 aromatic rings. The molecule has 2 aromatic heterocycles. The van der Waals surface area contributed by atoms with Gasteiger partial charge in [0.25, 0.3) is 5.91 Å². The molecule has 35 heavy (non-hydrogen) atoms. The van der Waals surface area contributed by atoms with Crippen LogP contribution in [-0.4, -0.2) is 38.2 Å². The van der Waals surface area contributed by atoms with Gasteiger partial charge in [-0.2, -0.15) is 4.68 Å². The Bertz CT molecular complexity index is 1370. The van der Waals surface area contributed by atoms with Gasteiger partial charge in [0.2, 0.25) is 5.95 Å². The monoisotopic (exact) mass is 469 g/mol. The molecule has 1 atom stereocenters. The van der Waals surface area contributed by atoms with Crippen molar-refractivity contribution >= 4 is 17.5 Å². The van der Waals surface area contributed by atoms with E-state index in [0.717, 1.165) is 11.1 Å². The molecular formula is C25H23N7O3. The molecular weight excluding hydrogens is 446 g/mol. The summed E-state index contributed by atoms with van der Waals surface area (Å²) in [5.41, 5.74) is 3.50. The third-order valence-corrected chi connectivity index (χ3v) is 5.62. The van der Waals surface area contributed by atoms with Gasteiger partial charge in [-0.15, -0.1) is 0 Å². The van der Waals surface area contributed by atoms with Gasteiger partial charge in [-0.3, -0.25) is 9.78 Å². The number of nitrogens with one attached hydrogen (secondary N) is 2. The maximum absolute atomic E-state index is 13.4. The van der Waals surface area contributed by atoms with Crippen molar-refractivity contribution in [2.45, 2.75) is 19.6 Å². The van der Waals surface area contributed by atoms with E-state index in [-0.39, 0.29) is 5.91 Å². The van der Waals surface area contributed by atoms with Crippen LogP contribution in [-0.2, 0) is 11.4 Å². The Morgan fingerprint density at radius 2 is 1.97 bits per heavy atom. The predicted molar refractivity (Wildman–Crippen MR) is 129 cm³/mol. The van der Waals surface area contributed by atoms with E-state index in [1.54, 1.807) is 36.3 Å². The van der Waals surface area contributed by atoms with Crippen molar-refractivity contribution in [1.82, 2.24) is 25.2 Å². The van der Waals surface area contributed by atoms with Crippen LogP contribution in [0.15, 0.2) is 84.3 Å². The van der Waals surface area contributed by atoms with E-state index in [4.69, 9.17) is 9.47 Å². The van der Waals surface area contributed by atoms with Crippen LogP contribution in [0.5, 0.6) is 11.5 Å². The first-order chi connectivity index (χ1) is 17.1. The number of allylic oxidation sites excluding steroid dienone is 1. The van der Waals surface area contributed by atoms with Crippen LogP contribution in [0.25, 0.3) is 0 Å². The summed E-state index contributed by atoms with van der Waals surface area (Å²) in [5, 5.41) is 18.0. The summed E-state index contributed by atoms with van der Waals surface area (Å²) in [6.45, 7) is 2.22. The number of carbonyl (C=O) groups excluding carboxylic acids is 1. The van der Waals surface area contributed by atoms with Crippen molar-refractivity contribution in [2.24, 2.45) is 0 Å². The normalized spacial score (nSPS) is 14.6. The Kier molecular flexibility index (Phi) is 6.08. The molecule has 10 heteroatoms. The number of aromatic nitrogens is 5. The standard InChI is InChI=1S/C25H23N7O3/c1-16-22(24(33)28-19-9-6-12-26-14-19)23(32-25(27-16)29-30-31-32)18-10-11-20(21(13-18)34-2)35-15-17-7-4-3-5-8-17/h3-14,23H,15H2,1-2H3,(H,28,33)(H,27,29,31)/t23-/m0/s1. The highest BCUT2D eigenvalue weighted by atomic mass is 16.5. The zero-order chi connectivity index (χ0) is 24.2. The highest BCUT2D eigenvalue weighted by Crippen LogP contribution is 2.38. The maximum atomic E-state index is 13.4. The number of nitrogens with zero attached hydrogens (tertiary/aromatic N) is 5. The molecule has 10 nitrogen and oxygen atoms in total. The first kappa shape index (κ1) is 22.1. The molecule has 1 amide bonds. The van der Waals surface area contributed by atoms with Gasteiger partial charge in [-0.25, -0.2) is 0 Å². The fraction of sp³-hybridized carbons (Fsp3) is 0.160.